The summed E-state index contributed by atoms with van der Waals surface area (Å²) in [7, 11) is 1.73. The molecule has 1 aromatic heterocycles. The van der Waals surface area contributed by atoms with E-state index in [-0.39, 0.29) is 23.5 Å². The van der Waals surface area contributed by atoms with Gasteiger partial charge in [0.25, 0.3) is 0 Å². The number of nitrogens with zero attached hydrogens (tertiary/aromatic N) is 3. The lowest BCUT2D eigenvalue weighted by atomic mass is 9.90. The number of amides is 1. The first kappa shape index (κ1) is 22.7. The number of hydrogen-bond acceptors (Lipinski definition) is 7. The number of aldehydes is 1. The summed E-state index contributed by atoms with van der Waals surface area (Å²) in [5.41, 5.74) is 2.08. The van der Waals surface area contributed by atoms with E-state index in [1.807, 2.05) is 13.8 Å². The van der Waals surface area contributed by atoms with E-state index >= 15 is 0 Å². The van der Waals surface area contributed by atoms with Crippen LogP contribution >= 0.6 is 0 Å². The van der Waals surface area contributed by atoms with Gasteiger partial charge in [-0.3, -0.25) is 4.79 Å². The zero-order valence-electron chi connectivity index (χ0n) is 19.0. The maximum atomic E-state index is 13.4. The Morgan fingerprint density at radius 3 is 2.48 bits per heavy atom. The quantitative estimate of drug-likeness (QED) is 0.502. The maximum Gasteiger partial charge on any atom is 0.410 e. The largest absolute Gasteiger partial charge is 0.441 e. The predicted molar refractivity (Wildman–Crippen MR) is 124 cm³/mol. The van der Waals surface area contributed by atoms with Crippen molar-refractivity contribution in [3.8, 4) is 0 Å². The molecule has 174 valence electrons. The van der Waals surface area contributed by atoms with Crippen molar-refractivity contribution >= 4 is 35.3 Å². The van der Waals surface area contributed by atoms with Crippen molar-refractivity contribution in [2.75, 3.05) is 36.9 Å². The van der Waals surface area contributed by atoms with E-state index in [0.29, 0.717) is 61.5 Å². The van der Waals surface area contributed by atoms with Gasteiger partial charge in [-0.15, -0.1) is 0 Å². The Bertz CT molecular complexity index is 1080. The molecule has 33 heavy (non-hydrogen) atoms. The SMILES string of the molecule is CC(C)C(=N)c1c(N2CCC3(CC2)CN(C)C(=O)O3)cc(C=O)nc1Nc1ccc(F)cc1. The molecule has 2 saturated heterocycles. The van der Waals surface area contributed by atoms with Crippen LogP contribution in [0.15, 0.2) is 30.3 Å². The van der Waals surface area contributed by atoms with Gasteiger partial charge in [-0.05, 0) is 36.2 Å². The molecule has 2 aromatic rings. The van der Waals surface area contributed by atoms with Gasteiger partial charge < -0.3 is 25.3 Å². The summed E-state index contributed by atoms with van der Waals surface area (Å²) in [6.45, 7) is 5.64. The summed E-state index contributed by atoms with van der Waals surface area (Å²) >= 11 is 0. The standard InChI is InChI=1S/C24H28FN5O3/c1-15(2)21(26)20-19(30-10-8-24(9-11-30)14-29(3)23(32)33-24)12-18(13-31)28-22(20)27-17-6-4-16(25)5-7-17/h4-7,12-13,15,26H,8-11,14H2,1-3H3,(H,27,28). The van der Waals surface area contributed by atoms with Crippen molar-refractivity contribution < 1.29 is 18.7 Å². The van der Waals surface area contributed by atoms with Crippen LogP contribution in [0.25, 0.3) is 0 Å². The topological polar surface area (TPSA) is 98.6 Å². The lowest BCUT2D eigenvalue weighted by Gasteiger charge is -2.39. The third-order valence-electron chi connectivity index (χ3n) is 6.25. The minimum absolute atomic E-state index is 0.0815. The molecule has 9 heteroatoms. The zero-order valence-corrected chi connectivity index (χ0v) is 19.0. The van der Waals surface area contributed by atoms with E-state index in [9.17, 15) is 14.0 Å². The molecule has 0 atom stereocenters. The number of piperidine rings is 1. The van der Waals surface area contributed by atoms with Crippen LogP contribution in [0.4, 0.5) is 26.4 Å². The first-order chi connectivity index (χ1) is 15.7. The fraction of sp³-hybridized carbons (Fsp3) is 0.417. The van der Waals surface area contributed by atoms with Gasteiger partial charge in [0.2, 0.25) is 0 Å². The molecule has 0 bridgehead atoms. The number of likely N-dealkylation sites (N-methyl/N-ethyl adjacent to an activating group) is 1. The minimum Gasteiger partial charge on any atom is -0.441 e. The number of nitrogens with one attached hydrogen (secondary N) is 2. The number of carbonyl (C=O) groups excluding carboxylic acids is 2. The first-order valence-electron chi connectivity index (χ1n) is 11.0. The molecule has 2 aliphatic heterocycles. The van der Waals surface area contributed by atoms with E-state index in [1.54, 1.807) is 30.1 Å². The number of aromatic nitrogens is 1. The molecule has 1 amide bonds. The number of hydrogen-bond donors (Lipinski definition) is 2. The highest BCUT2D eigenvalue weighted by molar-refractivity contribution is 6.09. The Morgan fingerprint density at radius 1 is 1.27 bits per heavy atom. The molecule has 0 aliphatic carbocycles. The zero-order chi connectivity index (χ0) is 23.8. The Labute approximate surface area is 192 Å². The maximum absolute atomic E-state index is 13.4. The van der Waals surface area contributed by atoms with Crippen molar-refractivity contribution in [2.45, 2.75) is 32.3 Å². The van der Waals surface area contributed by atoms with Gasteiger partial charge in [-0.2, -0.15) is 0 Å². The monoisotopic (exact) mass is 453 g/mol. The van der Waals surface area contributed by atoms with Crippen LogP contribution in [0.1, 0.15) is 42.7 Å². The molecule has 4 rings (SSSR count). The molecule has 2 N–H and O–H groups in total. The normalized spacial score (nSPS) is 17.4. The van der Waals surface area contributed by atoms with Crippen molar-refractivity contribution in [3.05, 3.63) is 47.4 Å². The molecule has 3 heterocycles. The lowest BCUT2D eigenvalue weighted by Crippen LogP contribution is -2.47. The lowest BCUT2D eigenvalue weighted by molar-refractivity contribution is 0.0366. The Hall–Kier alpha value is -3.49. The third kappa shape index (κ3) is 4.53. The van der Waals surface area contributed by atoms with E-state index in [4.69, 9.17) is 10.1 Å². The molecule has 0 radical (unpaired) electrons. The number of benzene rings is 1. The van der Waals surface area contributed by atoms with Crippen LogP contribution < -0.4 is 10.2 Å². The van der Waals surface area contributed by atoms with Crippen molar-refractivity contribution in [1.29, 1.82) is 5.41 Å². The van der Waals surface area contributed by atoms with Gasteiger partial charge in [0.15, 0.2) is 6.29 Å². The number of ether oxygens (including phenoxy) is 1. The highest BCUT2D eigenvalue weighted by atomic mass is 19.1. The molecule has 8 nitrogen and oxygen atoms in total. The van der Waals surface area contributed by atoms with Crippen molar-refractivity contribution in [1.82, 2.24) is 9.88 Å². The van der Waals surface area contributed by atoms with E-state index in [0.717, 1.165) is 5.69 Å². The summed E-state index contributed by atoms with van der Waals surface area (Å²) in [5.74, 6) is -0.0549. The molecule has 2 aliphatic rings. The second-order valence-electron chi connectivity index (χ2n) is 9.00. The molecule has 1 aromatic carbocycles. The second-order valence-corrected chi connectivity index (χ2v) is 9.00. The number of anilines is 3. The Kier molecular flexibility index (Phi) is 6.05. The van der Waals surface area contributed by atoms with Gasteiger partial charge in [0, 0.05) is 44.4 Å². The van der Waals surface area contributed by atoms with Gasteiger partial charge in [-0.1, -0.05) is 13.8 Å². The first-order valence-corrected chi connectivity index (χ1v) is 11.0. The van der Waals surface area contributed by atoms with Crippen molar-refractivity contribution in [3.63, 3.8) is 0 Å². The van der Waals surface area contributed by atoms with Crippen LogP contribution in [-0.2, 0) is 4.74 Å². The van der Waals surface area contributed by atoms with Crippen LogP contribution in [0.5, 0.6) is 0 Å². The van der Waals surface area contributed by atoms with Crippen LogP contribution in [-0.4, -0.2) is 60.3 Å². The second kappa shape index (κ2) is 8.80. The third-order valence-corrected chi connectivity index (χ3v) is 6.25. The van der Waals surface area contributed by atoms with E-state index < -0.39 is 5.60 Å². The fourth-order valence-electron chi connectivity index (χ4n) is 4.38. The Balaban J connectivity index is 1.71. The summed E-state index contributed by atoms with van der Waals surface area (Å²) in [6.07, 6.45) is 1.68. The summed E-state index contributed by atoms with van der Waals surface area (Å²) in [4.78, 5) is 31.8. The van der Waals surface area contributed by atoms with Gasteiger partial charge >= 0.3 is 6.09 Å². The molecular formula is C24H28FN5O3. The van der Waals surface area contributed by atoms with Gasteiger partial charge in [0.05, 0.1) is 17.8 Å². The molecular weight excluding hydrogens is 425 g/mol. The van der Waals surface area contributed by atoms with Crippen LogP contribution in [0.2, 0.25) is 0 Å². The van der Waals surface area contributed by atoms with E-state index in [2.05, 4.69) is 15.2 Å². The van der Waals surface area contributed by atoms with Crippen LogP contribution in [0.3, 0.4) is 0 Å². The molecule has 0 saturated carbocycles. The molecule has 2 fully saturated rings. The molecule has 1 spiro atoms. The summed E-state index contributed by atoms with van der Waals surface area (Å²) in [6, 6.07) is 7.56. The Morgan fingerprint density at radius 2 is 1.94 bits per heavy atom. The predicted octanol–water partition coefficient (Wildman–Crippen LogP) is 4.22. The average molecular weight is 454 g/mol. The van der Waals surface area contributed by atoms with Gasteiger partial charge in [-0.25, -0.2) is 14.2 Å². The highest BCUT2D eigenvalue weighted by Crippen LogP contribution is 2.37. The van der Waals surface area contributed by atoms with Gasteiger partial charge in [0.1, 0.15) is 22.9 Å². The fourth-order valence-corrected chi connectivity index (χ4v) is 4.38. The van der Waals surface area contributed by atoms with Crippen LogP contribution in [0, 0.1) is 17.1 Å². The number of pyridine rings is 1. The number of carbonyl (C=O) groups is 2. The highest BCUT2D eigenvalue weighted by Gasteiger charge is 2.46. The summed E-state index contributed by atoms with van der Waals surface area (Å²) < 4.78 is 19.0. The van der Waals surface area contributed by atoms with E-state index in [1.165, 1.54) is 12.1 Å². The minimum atomic E-state index is -0.496. The molecule has 0 unspecified atom stereocenters. The van der Waals surface area contributed by atoms with Crippen molar-refractivity contribution in [2.24, 2.45) is 5.92 Å². The summed E-state index contributed by atoms with van der Waals surface area (Å²) in [5, 5.41) is 12.0. The average Bonchev–Trinajstić information content (AvgIpc) is 3.07. The number of rotatable bonds is 6. The smallest absolute Gasteiger partial charge is 0.410 e. The number of halogens is 1.